The van der Waals surface area contributed by atoms with Gasteiger partial charge in [-0.2, -0.15) is 0 Å². The van der Waals surface area contributed by atoms with Crippen LogP contribution in [0.1, 0.15) is 20.3 Å². The van der Waals surface area contributed by atoms with Gasteiger partial charge in [0.2, 0.25) is 0 Å². The van der Waals surface area contributed by atoms with Crippen LogP contribution in [0.15, 0.2) is 0 Å². The zero-order chi connectivity index (χ0) is 9.42. The van der Waals surface area contributed by atoms with Crippen LogP contribution in [0.5, 0.6) is 0 Å². The smallest absolute Gasteiger partial charge is 0.0725 e. The number of hydrogen-bond donors (Lipinski definition) is 1. The fourth-order valence-corrected chi connectivity index (χ4v) is 2.34. The highest BCUT2D eigenvalue weighted by molar-refractivity contribution is 4.91. The van der Waals surface area contributed by atoms with Crippen molar-refractivity contribution in [1.29, 1.82) is 0 Å². The Kier molecular flexibility index (Phi) is 2.58. The van der Waals surface area contributed by atoms with E-state index in [1.54, 1.807) is 0 Å². The molecule has 0 aromatic carbocycles. The molecule has 2 saturated heterocycles. The molecule has 0 unspecified atom stereocenters. The molecule has 0 spiro atoms. The molecular weight excluding hydrogens is 164 g/mol. The molecular formula is C10H20N2O. The van der Waals surface area contributed by atoms with Gasteiger partial charge in [-0.25, -0.2) is 0 Å². The van der Waals surface area contributed by atoms with Gasteiger partial charge in [0, 0.05) is 25.2 Å². The van der Waals surface area contributed by atoms with Crippen LogP contribution >= 0.6 is 0 Å². The van der Waals surface area contributed by atoms with E-state index in [0.717, 1.165) is 26.1 Å². The maximum atomic E-state index is 5.92. The first-order valence-electron chi connectivity index (χ1n) is 5.28. The lowest BCUT2D eigenvalue weighted by Crippen LogP contribution is -2.48. The Morgan fingerprint density at radius 3 is 2.85 bits per heavy atom. The van der Waals surface area contributed by atoms with E-state index in [-0.39, 0.29) is 0 Å². The first kappa shape index (κ1) is 9.44. The number of nitrogens with zero attached hydrogens (tertiary/aromatic N) is 1. The lowest BCUT2D eigenvalue weighted by atomic mass is 10.0. The maximum Gasteiger partial charge on any atom is 0.0725 e. The highest BCUT2D eigenvalue weighted by atomic mass is 16.5. The summed E-state index contributed by atoms with van der Waals surface area (Å²) in [6.07, 6.45) is 1.53. The fourth-order valence-electron chi connectivity index (χ4n) is 2.34. The molecule has 3 atom stereocenters. The van der Waals surface area contributed by atoms with Gasteiger partial charge < -0.3 is 10.5 Å². The van der Waals surface area contributed by atoms with Gasteiger partial charge in [0.25, 0.3) is 0 Å². The predicted molar refractivity (Wildman–Crippen MR) is 52.5 cm³/mol. The quantitative estimate of drug-likeness (QED) is 0.643. The zero-order valence-electron chi connectivity index (χ0n) is 8.57. The summed E-state index contributed by atoms with van der Waals surface area (Å²) in [4.78, 5) is 2.50. The van der Waals surface area contributed by atoms with E-state index >= 15 is 0 Å². The van der Waals surface area contributed by atoms with Gasteiger partial charge in [-0.3, -0.25) is 4.90 Å². The Morgan fingerprint density at radius 2 is 2.15 bits per heavy atom. The summed E-state index contributed by atoms with van der Waals surface area (Å²) >= 11 is 0. The molecule has 2 rings (SSSR count). The number of rotatable bonds is 1. The molecule has 2 heterocycles. The van der Waals surface area contributed by atoms with Gasteiger partial charge in [-0.15, -0.1) is 0 Å². The van der Waals surface area contributed by atoms with Crippen LogP contribution in [0.2, 0.25) is 0 Å². The molecule has 13 heavy (non-hydrogen) atoms. The van der Waals surface area contributed by atoms with Crippen molar-refractivity contribution < 1.29 is 4.74 Å². The van der Waals surface area contributed by atoms with Crippen LogP contribution < -0.4 is 5.73 Å². The average molecular weight is 184 g/mol. The summed E-state index contributed by atoms with van der Waals surface area (Å²) in [6.45, 7) is 7.48. The summed E-state index contributed by atoms with van der Waals surface area (Å²) < 4.78 is 5.80. The van der Waals surface area contributed by atoms with Crippen molar-refractivity contribution in [3.05, 3.63) is 0 Å². The van der Waals surface area contributed by atoms with Crippen molar-refractivity contribution in [2.45, 2.75) is 38.5 Å². The molecule has 0 aromatic heterocycles. The third-order valence-corrected chi connectivity index (χ3v) is 3.22. The van der Waals surface area contributed by atoms with Gasteiger partial charge in [-0.1, -0.05) is 13.8 Å². The molecule has 2 aliphatic heterocycles. The molecule has 3 nitrogen and oxygen atoms in total. The van der Waals surface area contributed by atoms with Crippen LogP contribution in [0.4, 0.5) is 0 Å². The maximum absolute atomic E-state index is 5.92. The van der Waals surface area contributed by atoms with Gasteiger partial charge in [0.15, 0.2) is 0 Å². The number of morpholine rings is 1. The highest BCUT2D eigenvalue weighted by Gasteiger charge is 2.36. The predicted octanol–water partition coefficient (Wildman–Crippen LogP) is 0.443. The molecule has 0 aromatic rings. The van der Waals surface area contributed by atoms with E-state index in [1.807, 2.05) is 0 Å². The van der Waals surface area contributed by atoms with Crippen LogP contribution in [0.3, 0.4) is 0 Å². The van der Waals surface area contributed by atoms with Crippen LogP contribution in [0, 0.1) is 5.92 Å². The number of hydrogen-bond acceptors (Lipinski definition) is 3. The van der Waals surface area contributed by atoms with Crippen LogP contribution in [0.25, 0.3) is 0 Å². The van der Waals surface area contributed by atoms with E-state index in [4.69, 9.17) is 10.5 Å². The third kappa shape index (κ3) is 1.87. The van der Waals surface area contributed by atoms with Crippen molar-refractivity contribution in [2.24, 2.45) is 11.7 Å². The number of fused-ring (bicyclic) bond motifs is 1. The summed E-state index contributed by atoms with van der Waals surface area (Å²) in [5.41, 5.74) is 5.92. The molecule has 0 amide bonds. The lowest BCUT2D eigenvalue weighted by Gasteiger charge is -2.36. The second-order valence-electron chi connectivity index (χ2n) is 4.72. The monoisotopic (exact) mass is 184 g/mol. The average Bonchev–Trinajstić information content (AvgIpc) is 2.42. The molecule has 3 heteroatoms. The standard InChI is InChI=1S/C10H20N2O/c1-7(2)10-5-12-4-8(11)3-9(12)6-13-10/h7-10H,3-6,11H2,1-2H3/t8-,9+,10+/m1/s1. The molecule has 0 bridgehead atoms. The Balaban J connectivity index is 1.93. The van der Waals surface area contributed by atoms with Crippen molar-refractivity contribution >= 4 is 0 Å². The van der Waals surface area contributed by atoms with Gasteiger partial charge in [0.05, 0.1) is 12.7 Å². The normalized spacial score (nSPS) is 41.1. The van der Waals surface area contributed by atoms with Gasteiger partial charge in [-0.05, 0) is 12.3 Å². The van der Waals surface area contributed by atoms with E-state index < -0.39 is 0 Å². The molecule has 0 aliphatic carbocycles. The van der Waals surface area contributed by atoms with Crippen molar-refractivity contribution in [3.8, 4) is 0 Å². The summed E-state index contributed by atoms with van der Waals surface area (Å²) in [6, 6.07) is 0.976. The third-order valence-electron chi connectivity index (χ3n) is 3.22. The zero-order valence-corrected chi connectivity index (χ0v) is 8.57. The SMILES string of the molecule is CC(C)[C@@H]1CN2C[C@H](N)C[C@H]2CO1. The second-order valence-corrected chi connectivity index (χ2v) is 4.72. The van der Waals surface area contributed by atoms with Crippen LogP contribution in [-0.2, 0) is 4.74 Å². The van der Waals surface area contributed by atoms with Crippen molar-refractivity contribution in [3.63, 3.8) is 0 Å². The number of nitrogens with two attached hydrogens (primary N) is 1. The Morgan fingerprint density at radius 1 is 1.38 bits per heavy atom. The minimum absolute atomic E-state index is 0.375. The summed E-state index contributed by atoms with van der Waals surface area (Å²) in [5.74, 6) is 0.623. The fraction of sp³-hybridized carbons (Fsp3) is 1.00. The minimum atomic E-state index is 0.375. The van der Waals surface area contributed by atoms with Crippen LogP contribution in [-0.4, -0.2) is 42.8 Å². The second kappa shape index (κ2) is 3.56. The first-order chi connectivity index (χ1) is 6.16. The van der Waals surface area contributed by atoms with E-state index in [1.165, 1.54) is 0 Å². The molecule has 2 N–H and O–H groups in total. The molecule has 0 saturated carbocycles. The summed E-state index contributed by atoms with van der Waals surface area (Å²) in [7, 11) is 0. The van der Waals surface area contributed by atoms with Gasteiger partial charge in [0.1, 0.15) is 0 Å². The van der Waals surface area contributed by atoms with Crippen molar-refractivity contribution in [2.75, 3.05) is 19.7 Å². The molecule has 2 aliphatic rings. The highest BCUT2D eigenvalue weighted by Crippen LogP contribution is 2.24. The molecule has 2 fully saturated rings. The Labute approximate surface area is 80.2 Å². The molecule has 0 radical (unpaired) electrons. The van der Waals surface area contributed by atoms with E-state index in [0.29, 0.717) is 24.1 Å². The Bertz CT molecular complexity index is 184. The number of ether oxygens (including phenoxy) is 1. The van der Waals surface area contributed by atoms with E-state index in [9.17, 15) is 0 Å². The molecule has 76 valence electrons. The van der Waals surface area contributed by atoms with Crippen molar-refractivity contribution in [1.82, 2.24) is 4.90 Å². The van der Waals surface area contributed by atoms with E-state index in [2.05, 4.69) is 18.7 Å². The van der Waals surface area contributed by atoms with Gasteiger partial charge >= 0.3 is 0 Å². The first-order valence-corrected chi connectivity index (χ1v) is 5.28. The Hall–Kier alpha value is -0.120. The summed E-state index contributed by atoms with van der Waals surface area (Å²) in [5, 5.41) is 0. The minimum Gasteiger partial charge on any atom is -0.375 e. The topological polar surface area (TPSA) is 38.5 Å². The lowest BCUT2D eigenvalue weighted by molar-refractivity contribution is -0.0683. The largest absolute Gasteiger partial charge is 0.375 e.